The summed E-state index contributed by atoms with van der Waals surface area (Å²) < 4.78 is 84.3. The molecule has 5 nitrogen and oxygen atoms in total. The molecule has 0 radical (unpaired) electrons. The summed E-state index contributed by atoms with van der Waals surface area (Å²) in [5, 5.41) is 0. The molecular weight excluding hydrogens is 484 g/mol. The summed E-state index contributed by atoms with van der Waals surface area (Å²) >= 11 is 0. The molecule has 10 heteroatoms. The van der Waals surface area contributed by atoms with Crippen molar-refractivity contribution in [1.29, 1.82) is 0 Å². The normalized spacial score (nSPS) is 21.3. The first-order valence-electron chi connectivity index (χ1n) is 11.6. The molecule has 2 fully saturated rings. The van der Waals surface area contributed by atoms with E-state index in [1.165, 1.54) is 24.1 Å². The number of rotatable bonds is 5. The molecule has 1 atom stereocenters. The Morgan fingerprint density at radius 3 is 2.40 bits per heavy atom. The van der Waals surface area contributed by atoms with Gasteiger partial charge in [0, 0.05) is 43.6 Å². The molecule has 4 rings (SSSR count). The standard InChI is InChI=1S/C25H28F4N2O3S/c1-16-5-8-23(20(14-16)19-15-17(26)6-7-21(19)27)35(33,34)31-13-3-4-22(31)24(32)30(2)18-9-11-25(28,29)12-10-18/h5-8,14-15,18,22H,3-4,9-13H2,1-2H3/t22-/m0/s1. The highest BCUT2D eigenvalue weighted by Gasteiger charge is 2.44. The van der Waals surface area contributed by atoms with Gasteiger partial charge in [-0.05, 0) is 62.9 Å². The van der Waals surface area contributed by atoms with Gasteiger partial charge in [-0.1, -0.05) is 11.6 Å². The molecule has 2 aliphatic rings. The van der Waals surface area contributed by atoms with E-state index in [9.17, 15) is 30.8 Å². The van der Waals surface area contributed by atoms with E-state index in [1.807, 2.05) is 0 Å². The summed E-state index contributed by atoms with van der Waals surface area (Å²) in [5.74, 6) is -4.65. The fourth-order valence-corrected chi connectivity index (χ4v) is 6.85. The highest BCUT2D eigenvalue weighted by atomic mass is 32.2. The summed E-state index contributed by atoms with van der Waals surface area (Å²) in [6.07, 6.45) is 0.412. The van der Waals surface area contributed by atoms with E-state index in [0.717, 1.165) is 22.5 Å². The zero-order chi connectivity index (χ0) is 25.5. The van der Waals surface area contributed by atoms with Crippen molar-refractivity contribution in [2.24, 2.45) is 0 Å². The maximum Gasteiger partial charge on any atom is 0.248 e. The molecule has 1 amide bonds. The second-order valence-electron chi connectivity index (χ2n) is 9.43. The van der Waals surface area contributed by atoms with Gasteiger partial charge in [0.15, 0.2) is 0 Å². The maximum absolute atomic E-state index is 14.6. The van der Waals surface area contributed by atoms with E-state index < -0.39 is 39.5 Å². The Bertz CT molecular complexity index is 1230. The van der Waals surface area contributed by atoms with Gasteiger partial charge >= 0.3 is 0 Å². The minimum absolute atomic E-state index is 0.0166. The van der Waals surface area contributed by atoms with Gasteiger partial charge in [-0.25, -0.2) is 26.0 Å². The molecule has 35 heavy (non-hydrogen) atoms. The van der Waals surface area contributed by atoms with Crippen molar-refractivity contribution in [2.75, 3.05) is 13.6 Å². The summed E-state index contributed by atoms with van der Waals surface area (Å²) in [7, 11) is -2.74. The Balaban J connectivity index is 1.66. The molecule has 0 bridgehead atoms. The van der Waals surface area contributed by atoms with Crippen molar-refractivity contribution in [3.63, 3.8) is 0 Å². The van der Waals surface area contributed by atoms with Crippen LogP contribution in [0.3, 0.4) is 0 Å². The quantitative estimate of drug-likeness (QED) is 0.522. The molecule has 1 saturated heterocycles. The second-order valence-corrected chi connectivity index (χ2v) is 11.3. The number of hydrogen-bond acceptors (Lipinski definition) is 3. The zero-order valence-electron chi connectivity index (χ0n) is 19.6. The molecule has 0 spiro atoms. The maximum atomic E-state index is 14.6. The van der Waals surface area contributed by atoms with Gasteiger partial charge in [0.05, 0.1) is 4.90 Å². The molecule has 190 valence electrons. The number of benzene rings is 2. The van der Waals surface area contributed by atoms with Gasteiger partial charge in [0.1, 0.15) is 17.7 Å². The van der Waals surface area contributed by atoms with Crippen LogP contribution in [-0.4, -0.2) is 55.1 Å². The number of hydrogen-bond donors (Lipinski definition) is 0. The Hall–Kier alpha value is -2.46. The molecule has 1 aliphatic carbocycles. The van der Waals surface area contributed by atoms with Gasteiger partial charge in [0.25, 0.3) is 0 Å². The highest BCUT2D eigenvalue weighted by molar-refractivity contribution is 7.89. The minimum atomic E-state index is -4.26. The fraction of sp³-hybridized carbons (Fsp3) is 0.480. The third-order valence-electron chi connectivity index (χ3n) is 7.01. The number of carbonyl (C=O) groups excluding carboxylic acids is 1. The van der Waals surface area contributed by atoms with Crippen LogP contribution in [-0.2, 0) is 14.8 Å². The summed E-state index contributed by atoms with van der Waals surface area (Å²) in [4.78, 5) is 14.5. The SMILES string of the molecule is Cc1ccc(S(=O)(=O)N2CCC[C@H]2C(=O)N(C)C2CCC(F)(F)CC2)c(-c2cc(F)ccc2F)c1. The summed E-state index contributed by atoms with van der Waals surface area (Å²) in [6.45, 7) is 1.80. The van der Waals surface area contributed by atoms with Gasteiger partial charge in [-0.3, -0.25) is 4.79 Å². The monoisotopic (exact) mass is 512 g/mol. The number of carbonyl (C=O) groups is 1. The lowest BCUT2D eigenvalue weighted by atomic mass is 9.91. The van der Waals surface area contributed by atoms with Gasteiger partial charge in [-0.15, -0.1) is 0 Å². The number of nitrogens with zero attached hydrogens (tertiary/aromatic N) is 2. The van der Waals surface area contributed by atoms with Crippen LogP contribution in [0.2, 0.25) is 0 Å². The van der Waals surface area contributed by atoms with Gasteiger partial charge in [-0.2, -0.15) is 4.31 Å². The molecule has 2 aromatic carbocycles. The van der Waals surface area contributed by atoms with E-state index >= 15 is 0 Å². The van der Waals surface area contributed by atoms with Crippen molar-refractivity contribution in [2.45, 2.75) is 68.4 Å². The molecule has 1 saturated carbocycles. The van der Waals surface area contributed by atoms with Gasteiger partial charge in [0.2, 0.25) is 21.9 Å². The van der Waals surface area contributed by atoms with Crippen LogP contribution in [0.15, 0.2) is 41.3 Å². The smallest absolute Gasteiger partial charge is 0.248 e. The number of likely N-dealkylation sites (N-methyl/N-ethyl adjacent to an activating group) is 1. The van der Waals surface area contributed by atoms with E-state index in [0.29, 0.717) is 18.4 Å². The van der Waals surface area contributed by atoms with Crippen molar-refractivity contribution in [3.05, 3.63) is 53.6 Å². The lowest BCUT2D eigenvalue weighted by Crippen LogP contribution is -2.50. The Morgan fingerprint density at radius 1 is 1.03 bits per heavy atom. The highest BCUT2D eigenvalue weighted by Crippen LogP contribution is 2.38. The number of alkyl halides is 2. The molecule has 1 heterocycles. The average molecular weight is 513 g/mol. The minimum Gasteiger partial charge on any atom is -0.341 e. The largest absolute Gasteiger partial charge is 0.341 e. The third-order valence-corrected chi connectivity index (χ3v) is 8.98. The van der Waals surface area contributed by atoms with Crippen molar-refractivity contribution >= 4 is 15.9 Å². The molecule has 1 aliphatic heterocycles. The van der Waals surface area contributed by atoms with Crippen LogP contribution >= 0.6 is 0 Å². The lowest BCUT2D eigenvalue weighted by molar-refractivity contribution is -0.138. The summed E-state index contributed by atoms with van der Waals surface area (Å²) in [5.41, 5.74) is 0.489. The second kappa shape index (κ2) is 9.54. The topological polar surface area (TPSA) is 57.7 Å². The number of sulfonamides is 1. The number of aryl methyl sites for hydroxylation is 1. The Labute approximate surface area is 202 Å². The first-order chi connectivity index (χ1) is 16.4. The summed E-state index contributed by atoms with van der Waals surface area (Å²) in [6, 6.07) is 5.85. The van der Waals surface area contributed by atoms with Crippen LogP contribution in [0.25, 0.3) is 11.1 Å². The van der Waals surface area contributed by atoms with Crippen molar-refractivity contribution in [1.82, 2.24) is 9.21 Å². The van der Waals surface area contributed by atoms with E-state index in [4.69, 9.17) is 0 Å². The van der Waals surface area contributed by atoms with E-state index in [1.54, 1.807) is 13.0 Å². The van der Waals surface area contributed by atoms with Crippen molar-refractivity contribution in [3.8, 4) is 11.1 Å². The van der Waals surface area contributed by atoms with Crippen molar-refractivity contribution < 1.29 is 30.8 Å². The first kappa shape index (κ1) is 25.6. The van der Waals surface area contributed by atoms with E-state index in [2.05, 4.69) is 0 Å². The number of halogens is 4. The van der Waals surface area contributed by atoms with Crippen LogP contribution in [0.5, 0.6) is 0 Å². The average Bonchev–Trinajstić information content (AvgIpc) is 3.30. The molecule has 0 aromatic heterocycles. The van der Waals surface area contributed by atoms with Crippen LogP contribution in [0.1, 0.15) is 44.1 Å². The third kappa shape index (κ3) is 5.09. The molecule has 0 N–H and O–H groups in total. The van der Waals surface area contributed by atoms with E-state index in [-0.39, 0.29) is 54.3 Å². The Kier molecular flexibility index (Phi) is 6.98. The molecule has 0 unspecified atom stereocenters. The Morgan fingerprint density at radius 2 is 1.71 bits per heavy atom. The lowest BCUT2D eigenvalue weighted by Gasteiger charge is -2.37. The van der Waals surface area contributed by atoms with Gasteiger partial charge < -0.3 is 4.90 Å². The van der Waals surface area contributed by atoms with Crippen LogP contribution in [0.4, 0.5) is 17.6 Å². The number of amides is 1. The molecule has 2 aromatic rings. The zero-order valence-corrected chi connectivity index (χ0v) is 20.4. The predicted octanol–water partition coefficient (Wildman–Crippen LogP) is 5.13. The molecular formula is C25H28F4N2O3S. The fourth-order valence-electron chi connectivity index (χ4n) is 5.01. The van der Waals surface area contributed by atoms with Crippen LogP contribution in [0, 0.1) is 18.6 Å². The first-order valence-corrected chi connectivity index (χ1v) is 13.1. The van der Waals surface area contributed by atoms with Crippen LogP contribution < -0.4 is 0 Å². The predicted molar refractivity (Wildman–Crippen MR) is 123 cm³/mol.